The van der Waals surface area contributed by atoms with Gasteiger partial charge in [-0.1, -0.05) is 36.9 Å². The summed E-state index contributed by atoms with van der Waals surface area (Å²) in [4.78, 5) is 14.7. The fourth-order valence-electron chi connectivity index (χ4n) is 4.02. The largest absolute Gasteiger partial charge is 0.390 e. The summed E-state index contributed by atoms with van der Waals surface area (Å²) in [6.07, 6.45) is 7.68. The van der Waals surface area contributed by atoms with Gasteiger partial charge in [-0.15, -0.1) is 0 Å². The summed E-state index contributed by atoms with van der Waals surface area (Å²) in [6, 6.07) is 8.64. The Bertz CT molecular complexity index is 812. The van der Waals surface area contributed by atoms with Gasteiger partial charge in [-0.25, -0.2) is 0 Å². The molecular weight excluding hydrogens is 390 g/mol. The molecular formula is C25H35N3O3. The number of hydrogen-bond donors (Lipinski definition) is 3. The summed E-state index contributed by atoms with van der Waals surface area (Å²) < 4.78 is 5.33. The van der Waals surface area contributed by atoms with Crippen molar-refractivity contribution in [3.8, 4) is 0 Å². The van der Waals surface area contributed by atoms with Crippen LogP contribution in [0.25, 0.3) is 0 Å². The van der Waals surface area contributed by atoms with Gasteiger partial charge in [0.25, 0.3) is 5.91 Å². The highest BCUT2D eigenvalue weighted by Gasteiger charge is 2.19. The predicted octanol–water partition coefficient (Wildman–Crippen LogP) is 2.31. The first-order chi connectivity index (χ1) is 15.0. The van der Waals surface area contributed by atoms with E-state index in [1.807, 2.05) is 19.1 Å². The van der Waals surface area contributed by atoms with Crippen LogP contribution in [0, 0.1) is 0 Å². The molecule has 31 heavy (non-hydrogen) atoms. The molecule has 0 radical (unpaired) electrons. The van der Waals surface area contributed by atoms with Gasteiger partial charge < -0.3 is 20.5 Å². The first-order valence-electron chi connectivity index (χ1n) is 11.2. The monoisotopic (exact) mass is 425 g/mol. The maximum atomic E-state index is 12.4. The van der Waals surface area contributed by atoms with Gasteiger partial charge >= 0.3 is 0 Å². The topological polar surface area (TPSA) is 73.8 Å². The zero-order valence-corrected chi connectivity index (χ0v) is 18.5. The lowest BCUT2D eigenvalue weighted by Crippen LogP contribution is -2.40. The van der Waals surface area contributed by atoms with Gasteiger partial charge in [0, 0.05) is 56.7 Å². The molecule has 0 saturated carbocycles. The third kappa shape index (κ3) is 7.35. The number of benzene rings is 1. The molecule has 2 aliphatic rings. The molecule has 6 nitrogen and oxygen atoms in total. The second kappa shape index (κ2) is 11.8. The SMILES string of the molecule is C=C(/C=C(\C=C/C)NCC(O)CN1CCc2ccccc2C1)C(=O)NC1CCOCC1. The van der Waals surface area contributed by atoms with Gasteiger partial charge in [-0.3, -0.25) is 9.69 Å². The number of nitrogens with one attached hydrogen (secondary N) is 2. The maximum absolute atomic E-state index is 12.4. The first kappa shape index (κ1) is 23.3. The summed E-state index contributed by atoms with van der Waals surface area (Å²) in [7, 11) is 0. The molecule has 168 valence electrons. The van der Waals surface area contributed by atoms with E-state index in [0.29, 0.717) is 31.9 Å². The Kier molecular flexibility index (Phi) is 8.88. The molecule has 2 aliphatic heterocycles. The fourth-order valence-corrected chi connectivity index (χ4v) is 4.02. The van der Waals surface area contributed by atoms with Crippen LogP contribution in [-0.4, -0.2) is 60.9 Å². The number of aliphatic hydroxyl groups excluding tert-OH is 1. The highest BCUT2D eigenvalue weighted by molar-refractivity contribution is 5.95. The summed E-state index contributed by atoms with van der Waals surface area (Å²) in [6.45, 7) is 10.0. The van der Waals surface area contributed by atoms with Crippen molar-refractivity contribution in [1.29, 1.82) is 0 Å². The molecule has 1 unspecified atom stereocenters. The van der Waals surface area contributed by atoms with Crippen molar-refractivity contribution >= 4 is 5.91 Å². The van der Waals surface area contributed by atoms with E-state index in [9.17, 15) is 9.90 Å². The predicted molar refractivity (Wildman–Crippen MR) is 123 cm³/mol. The average molecular weight is 426 g/mol. The number of aliphatic hydroxyl groups is 1. The number of carbonyl (C=O) groups excluding carboxylic acids is 1. The van der Waals surface area contributed by atoms with Crippen LogP contribution in [0.3, 0.4) is 0 Å². The van der Waals surface area contributed by atoms with E-state index in [4.69, 9.17) is 4.74 Å². The van der Waals surface area contributed by atoms with Crippen molar-refractivity contribution in [1.82, 2.24) is 15.5 Å². The average Bonchev–Trinajstić information content (AvgIpc) is 2.78. The summed E-state index contributed by atoms with van der Waals surface area (Å²) in [5.41, 5.74) is 3.91. The van der Waals surface area contributed by atoms with Crippen LogP contribution in [-0.2, 0) is 22.5 Å². The second-order valence-corrected chi connectivity index (χ2v) is 8.27. The highest BCUT2D eigenvalue weighted by atomic mass is 16.5. The minimum Gasteiger partial charge on any atom is -0.390 e. The quantitative estimate of drug-likeness (QED) is 0.418. The molecule has 1 atom stereocenters. The zero-order chi connectivity index (χ0) is 22.1. The fraction of sp³-hybridized carbons (Fsp3) is 0.480. The maximum Gasteiger partial charge on any atom is 0.250 e. The number of carbonyl (C=O) groups is 1. The smallest absolute Gasteiger partial charge is 0.250 e. The lowest BCUT2D eigenvalue weighted by Gasteiger charge is -2.30. The molecule has 1 saturated heterocycles. The summed E-state index contributed by atoms with van der Waals surface area (Å²) in [5, 5.41) is 16.8. The number of ether oxygens (including phenoxy) is 1. The Labute approximate surface area is 185 Å². The lowest BCUT2D eigenvalue weighted by molar-refractivity contribution is -0.118. The molecule has 0 bridgehead atoms. The summed E-state index contributed by atoms with van der Waals surface area (Å²) >= 11 is 0. The third-order valence-electron chi connectivity index (χ3n) is 5.74. The molecule has 1 fully saturated rings. The molecule has 0 aliphatic carbocycles. The van der Waals surface area contributed by atoms with E-state index in [0.717, 1.165) is 38.0 Å². The number of β-amino-alcohol motifs (C(OH)–C–C–N with tert-alkyl or cyclic N) is 1. The molecule has 0 aromatic heterocycles. The summed E-state index contributed by atoms with van der Waals surface area (Å²) in [5.74, 6) is -0.164. The van der Waals surface area contributed by atoms with Crippen LogP contribution in [0.2, 0.25) is 0 Å². The van der Waals surface area contributed by atoms with Crippen LogP contribution >= 0.6 is 0 Å². The molecule has 3 rings (SSSR count). The Morgan fingerprint density at radius 1 is 1.32 bits per heavy atom. The minimum absolute atomic E-state index is 0.140. The number of hydrogen-bond acceptors (Lipinski definition) is 5. The first-order valence-corrected chi connectivity index (χ1v) is 11.2. The van der Waals surface area contributed by atoms with E-state index in [-0.39, 0.29) is 11.9 Å². The van der Waals surface area contributed by atoms with Gasteiger partial charge in [0.15, 0.2) is 0 Å². The number of amides is 1. The van der Waals surface area contributed by atoms with Crippen molar-refractivity contribution in [2.24, 2.45) is 0 Å². The van der Waals surface area contributed by atoms with E-state index < -0.39 is 6.10 Å². The van der Waals surface area contributed by atoms with Crippen LogP contribution < -0.4 is 10.6 Å². The van der Waals surface area contributed by atoms with Gasteiger partial charge in [0.05, 0.1) is 6.10 Å². The van der Waals surface area contributed by atoms with Crippen LogP contribution in [0.1, 0.15) is 30.9 Å². The van der Waals surface area contributed by atoms with Crippen LogP contribution in [0.15, 0.2) is 60.3 Å². The van der Waals surface area contributed by atoms with Gasteiger partial charge in [0.2, 0.25) is 0 Å². The molecule has 1 aromatic rings. The van der Waals surface area contributed by atoms with E-state index in [2.05, 4.69) is 46.4 Å². The van der Waals surface area contributed by atoms with Crippen molar-refractivity contribution in [3.05, 3.63) is 71.5 Å². The Morgan fingerprint density at radius 3 is 2.81 bits per heavy atom. The van der Waals surface area contributed by atoms with Crippen molar-refractivity contribution < 1.29 is 14.6 Å². The normalized spacial score (nSPS) is 19.1. The highest BCUT2D eigenvalue weighted by Crippen LogP contribution is 2.18. The number of rotatable bonds is 9. The van der Waals surface area contributed by atoms with E-state index >= 15 is 0 Å². The Hall–Kier alpha value is -2.41. The number of nitrogens with zero attached hydrogens (tertiary/aromatic N) is 1. The molecule has 1 amide bonds. The van der Waals surface area contributed by atoms with Crippen molar-refractivity contribution in [3.63, 3.8) is 0 Å². The van der Waals surface area contributed by atoms with Crippen molar-refractivity contribution in [2.45, 2.75) is 44.9 Å². The zero-order valence-electron chi connectivity index (χ0n) is 18.5. The van der Waals surface area contributed by atoms with Crippen molar-refractivity contribution in [2.75, 3.05) is 32.8 Å². The third-order valence-corrected chi connectivity index (χ3v) is 5.74. The second-order valence-electron chi connectivity index (χ2n) is 8.27. The number of fused-ring (bicyclic) bond motifs is 1. The Morgan fingerprint density at radius 2 is 2.06 bits per heavy atom. The molecule has 0 spiro atoms. The molecule has 1 aromatic carbocycles. The van der Waals surface area contributed by atoms with Crippen LogP contribution in [0.5, 0.6) is 0 Å². The number of allylic oxidation sites excluding steroid dienone is 2. The molecule has 2 heterocycles. The standard InChI is InChI=1S/C25H35N3O3/c1-3-6-23(15-19(2)25(30)27-22-10-13-31-14-11-22)26-16-24(29)18-28-12-9-20-7-4-5-8-21(20)17-28/h3-8,15,22,24,26,29H,2,9-14,16-18H2,1H3,(H,27,30)/b6-3-,23-15+. The molecule has 3 N–H and O–H groups in total. The van der Waals surface area contributed by atoms with Gasteiger partial charge in [0.1, 0.15) is 0 Å². The lowest BCUT2D eigenvalue weighted by atomic mass is 10.00. The van der Waals surface area contributed by atoms with Gasteiger partial charge in [-0.2, -0.15) is 0 Å². The van der Waals surface area contributed by atoms with Gasteiger partial charge in [-0.05, 0) is 49.5 Å². The van der Waals surface area contributed by atoms with Crippen LogP contribution in [0.4, 0.5) is 0 Å². The van der Waals surface area contributed by atoms with E-state index in [1.165, 1.54) is 11.1 Å². The minimum atomic E-state index is -0.511. The molecule has 6 heteroatoms. The Balaban J connectivity index is 1.47. The van der Waals surface area contributed by atoms with E-state index in [1.54, 1.807) is 6.08 Å².